The van der Waals surface area contributed by atoms with Crippen molar-refractivity contribution in [3.05, 3.63) is 54.7 Å². The molecule has 0 saturated heterocycles. The number of pyridine rings is 2. The second-order valence-electron chi connectivity index (χ2n) is 7.77. The molecule has 0 atom stereocenters. The summed E-state index contributed by atoms with van der Waals surface area (Å²) in [5, 5.41) is 1.32. The van der Waals surface area contributed by atoms with Gasteiger partial charge in [-0.3, -0.25) is 9.55 Å². The lowest BCUT2D eigenvalue weighted by atomic mass is 9.80. The fourth-order valence-electron chi connectivity index (χ4n) is 4.21. The average molecular weight is 411 g/mol. The Morgan fingerprint density at radius 2 is 1.90 bits per heavy atom. The van der Waals surface area contributed by atoms with E-state index in [4.69, 9.17) is 4.74 Å². The molecule has 1 aromatic carbocycles. The van der Waals surface area contributed by atoms with E-state index in [2.05, 4.69) is 16.9 Å². The quantitative estimate of drug-likeness (QED) is 0.384. The van der Waals surface area contributed by atoms with Crippen molar-refractivity contribution in [3.8, 4) is 17.0 Å². The van der Waals surface area contributed by atoms with Crippen LogP contribution in [0.3, 0.4) is 0 Å². The van der Waals surface area contributed by atoms with Gasteiger partial charge in [0.2, 0.25) is 0 Å². The number of hydrogen-bond donors (Lipinski definition) is 0. The van der Waals surface area contributed by atoms with Crippen LogP contribution in [0.15, 0.2) is 48.9 Å². The largest absolute Gasteiger partial charge is 0.472 e. The molecule has 0 radical (unpaired) electrons. The first-order valence-electron chi connectivity index (χ1n) is 10.0. The van der Waals surface area contributed by atoms with Crippen LogP contribution in [0.5, 0.6) is 5.88 Å². The van der Waals surface area contributed by atoms with Crippen LogP contribution in [0.25, 0.3) is 32.9 Å². The van der Waals surface area contributed by atoms with E-state index in [0.717, 1.165) is 23.8 Å². The Morgan fingerprint density at radius 1 is 1.07 bits per heavy atom. The molecule has 0 N–H and O–H groups in total. The van der Waals surface area contributed by atoms with Gasteiger partial charge < -0.3 is 4.74 Å². The molecule has 1 saturated carbocycles. The number of fused-ring (bicyclic) bond motifs is 3. The van der Waals surface area contributed by atoms with Crippen LogP contribution in [0.4, 0.5) is 13.2 Å². The first kappa shape index (κ1) is 18.9. The van der Waals surface area contributed by atoms with E-state index in [1.54, 1.807) is 30.5 Å². The van der Waals surface area contributed by atoms with E-state index in [1.165, 1.54) is 18.5 Å². The lowest BCUT2D eigenvalue weighted by Crippen LogP contribution is -2.33. The molecule has 7 heteroatoms. The number of halogens is 3. The third-order valence-electron chi connectivity index (χ3n) is 5.99. The first-order chi connectivity index (χ1) is 14.5. The van der Waals surface area contributed by atoms with Gasteiger partial charge in [-0.25, -0.2) is 9.37 Å². The number of ether oxygens (including phenoxy) is 1. The predicted molar refractivity (Wildman–Crippen MR) is 109 cm³/mol. The summed E-state index contributed by atoms with van der Waals surface area (Å²) in [6.45, 7) is -0.572. The van der Waals surface area contributed by atoms with Crippen LogP contribution in [-0.4, -0.2) is 20.6 Å². The Bertz CT molecular complexity index is 1230. The first-order valence-corrected chi connectivity index (χ1v) is 10.0. The van der Waals surface area contributed by atoms with Crippen molar-refractivity contribution < 1.29 is 17.9 Å². The molecule has 0 amide bonds. The molecular weight excluding hydrogens is 391 g/mol. The van der Waals surface area contributed by atoms with E-state index in [1.807, 2.05) is 0 Å². The second kappa shape index (κ2) is 7.31. The normalized spacial score (nSPS) is 18.8. The Kier molecular flexibility index (Phi) is 4.60. The summed E-state index contributed by atoms with van der Waals surface area (Å²) in [6, 6.07) is 8.08. The van der Waals surface area contributed by atoms with Crippen LogP contribution in [0, 0.1) is 11.7 Å². The summed E-state index contributed by atoms with van der Waals surface area (Å²) >= 11 is 0. The Balaban J connectivity index is 1.51. The van der Waals surface area contributed by atoms with Crippen LogP contribution in [-0.2, 0) is 0 Å². The fourth-order valence-corrected chi connectivity index (χ4v) is 4.21. The van der Waals surface area contributed by atoms with Crippen molar-refractivity contribution in [1.29, 1.82) is 0 Å². The van der Waals surface area contributed by atoms with Gasteiger partial charge in [0.25, 0.3) is 5.88 Å². The summed E-state index contributed by atoms with van der Waals surface area (Å²) < 4.78 is 48.8. The average Bonchev–Trinajstić information content (AvgIpc) is 3.05. The van der Waals surface area contributed by atoms with Gasteiger partial charge in [0.05, 0.1) is 11.0 Å². The second-order valence-corrected chi connectivity index (χ2v) is 7.77. The molecular formula is C23H20F3N3O. The molecule has 0 bridgehead atoms. The number of rotatable bonds is 5. The maximum Gasteiger partial charge on any atom is 0.319 e. The minimum absolute atomic E-state index is 0.00727. The highest BCUT2D eigenvalue weighted by Gasteiger charge is 2.30. The van der Waals surface area contributed by atoms with Gasteiger partial charge in [0.15, 0.2) is 5.82 Å². The summed E-state index contributed by atoms with van der Waals surface area (Å²) in [5.41, 5.74) is 1.89. The summed E-state index contributed by atoms with van der Waals surface area (Å²) in [7, 11) is 0. The molecule has 0 unspecified atom stereocenters. The number of aromatic nitrogens is 3. The smallest absolute Gasteiger partial charge is 0.319 e. The molecule has 3 heterocycles. The van der Waals surface area contributed by atoms with E-state index in [9.17, 15) is 13.2 Å². The van der Waals surface area contributed by atoms with Crippen molar-refractivity contribution in [2.75, 3.05) is 0 Å². The monoisotopic (exact) mass is 411 g/mol. The minimum Gasteiger partial charge on any atom is -0.472 e. The zero-order chi connectivity index (χ0) is 20.8. The van der Waals surface area contributed by atoms with Crippen molar-refractivity contribution >= 4 is 21.8 Å². The summed E-state index contributed by atoms with van der Waals surface area (Å²) in [6.07, 6.45) is 7.53. The van der Waals surface area contributed by atoms with Crippen LogP contribution < -0.4 is 4.74 Å². The number of hydrogen-bond acceptors (Lipinski definition) is 3. The molecule has 0 aliphatic heterocycles. The molecule has 4 aromatic rings. The predicted octanol–water partition coefficient (Wildman–Crippen LogP) is 6.35. The lowest BCUT2D eigenvalue weighted by Gasteiger charge is -2.34. The SMILES string of the molecule is CC[C@H]1C[C@H](Oc2ncc(-c3ccc4c5cnccc5n(C(F)F)c4c3)cc2F)C1. The topological polar surface area (TPSA) is 39.9 Å². The zero-order valence-electron chi connectivity index (χ0n) is 16.4. The van der Waals surface area contributed by atoms with E-state index < -0.39 is 12.4 Å². The lowest BCUT2D eigenvalue weighted by molar-refractivity contribution is 0.0553. The van der Waals surface area contributed by atoms with Crippen molar-refractivity contribution in [1.82, 2.24) is 14.5 Å². The third kappa shape index (κ3) is 3.09. The molecule has 1 aliphatic carbocycles. The van der Waals surface area contributed by atoms with Gasteiger partial charge in [-0.2, -0.15) is 8.78 Å². The molecule has 1 fully saturated rings. The number of nitrogens with zero attached hydrogens (tertiary/aromatic N) is 3. The van der Waals surface area contributed by atoms with Crippen LogP contribution in [0.1, 0.15) is 32.7 Å². The van der Waals surface area contributed by atoms with Gasteiger partial charge >= 0.3 is 6.55 Å². The molecule has 3 aromatic heterocycles. The molecule has 0 spiro atoms. The minimum atomic E-state index is -2.71. The van der Waals surface area contributed by atoms with Crippen LogP contribution >= 0.6 is 0 Å². The highest BCUT2D eigenvalue weighted by molar-refractivity contribution is 6.08. The molecule has 5 rings (SSSR count). The highest BCUT2D eigenvalue weighted by atomic mass is 19.3. The van der Waals surface area contributed by atoms with Crippen molar-refractivity contribution in [3.63, 3.8) is 0 Å². The summed E-state index contributed by atoms with van der Waals surface area (Å²) in [5.74, 6) is 0.0825. The van der Waals surface area contributed by atoms with E-state index >= 15 is 0 Å². The molecule has 4 nitrogen and oxygen atoms in total. The van der Waals surface area contributed by atoms with E-state index in [0.29, 0.717) is 38.9 Å². The van der Waals surface area contributed by atoms with E-state index in [-0.39, 0.29) is 12.0 Å². The Labute approximate surface area is 171 Å². The van der Waals surface area contributed by atoms with Crippen molar-refractivity contribution in [2.24, 2.45) is 5.92 Å². The van der Waals surface area contributed by atoms with Gasteiger partial charge in [-0.1, -0.05) is 25.5 Å². The molecule has 1 aliphatic rings. The summed E-state index contributed by atoms with van der Waals surface area (Å²) in [4.78, 5) is 8.20. The standard InChI is InChI=1S/C23H20F3N3O/c1-2-13-7-16(8-13)30-22-19(24)9-15(11-28-22)14-3-4-17-18-12-27-6-5-20(18)29(23(25)26)21(17)10-14/h3-6,9-13,16,23H,2,7-8H2,1H3/t13-,16-. The molecule has 30 heavy (non-hydrogen) atoms. The fraction of sp³-hybridized carbons (Fsp3) is 0.304. The zero-order valence-corrected chi connectivity index (χ0v) is 16.4. The Hall–Kier alpha value is -3.09. The van der Waals surface area contributed by atoms with Gasteiger partial charge in [-0.15, -0.1) is 0 Å². The van der Waals surface area contributed by atoms with Gasteiger partial charge in [-0.05, 0) is 42.5 Å². The third-order valence-corrected chi connectivity index (χ3v) is 5.99. The van der Waals surface area contributed by atoms with Crippen molar-refractivity contribution in [2.45, 2.75) is 38.8 Å². The number of benzene rings is 1. The molecule has 154 valence electrons. The van der Waals surface area contributed by atoms with Gasteiger partial charge in [0.1, 0.15) is 6.10 Å². The maximum atomic E-state index is 14.6. The Morgan fingerprint density at radius 3 is 2.63 bits per heavy atom. The number of alkyl halides is 2. The maximum absolute atomic E-state index is 14.6. The van der Waals surface area contributed by atoms with Gasteiger partial charge in [0, 0.05) is 34.9 Å². The van der Waals surface area contributed by atoms with Crippen LogP contribution in [0.2, 0.25) is 0 Å². The highest BCUT2D eigenvalue weighted by Crippen LogP contribution is 2.36.